The first kappa shape index (κ1) is 13.4. The fourth-order valence-electron chi connectivity index (χ4n) is 2.21. The van der Waals surface area contributed by atoms with Gasteiger partial charge in [-0.25, -0.2) is 0 Å². The normalized spacial score (nSPS) is 14.6. The van der Waals surface area contributed by atoms with Crippen LogP contribution in [0.3, 0.4) is 0 Å². The van der Waals surface area contributed by atoms with Crippen LogP contribution in [-0.2, 0) is 5.41 Å². The van der Waals surface area contributed by atoms with Crippen molar-refractivity contribution in [2.24, 2.45) is 0 Å². The van der Waals surface area contributed by atoms with E-state index < -0.39 is 0 Å². The van der Waals surface area contributed by atoms with E-state index in [9.17, 15) is 0 Å². The number of hydrogen-bond acceptors (Lipinski definition) is 1. The van der Waals surface area contributed by atoms with Gasteiger partial charge in [0.25, 0.3) is 0 Å². The molecule has 1 unspecified atom stereocenters. The van der Waals surface area contributed by atoms with Gasteiger partial charge in [-0.1, -0.05) is 38.8 Å². The van der Waals surface area contributed by atoms with Gasteiger partial charge in [0, 0.05) is 10.6 Å². The molecule has 90 valence electrons. The van der Waals surface area contributed by atoms with Gasteiger partial charge in [-0.05, 0) is 36.5 Å². The minimum absolute atomic E-state index is 0.158. The number of hydrogen-bond donors (Lipinski definition) is 0. The molecule has 2 heteroatoms. The monoisotopic (exact) mass is 240 g/mol. The van der Waals surface area contributed by atoms with Crippen molar-refractivity contribution in [3.05, 3.63) is 28.8 Å². The zero-order valence-electron chi connectivity index (χ0n) is 10.6. The molecule has 0 aliphatic carbocycles. The predicted octanol–water partition coefficient (Wildman–Crippen LogP) is 4.82. The lowest BCUT2D eigenvalue weighted by atomic mass is 9.76. The van der Waals surface area contributed by atoms with Crippen molar-refractivity contribution in [3.63, 3.8) is 0 Å². The number of ether oxygens (including phenoxy) is 1. The molecule has 1 nitrogen and oxygen atoms in total. The summed E-state index contributed by atoms with van der Waals surface area (Å²) in [6.45, 7) is 6.71. The van der Waals surface area contributed by atoms with E-state index in [1.54, 1.807) is 7.11 Å². The Hall–Kier alpha value is -0.690. The molecular weight excluding hydrogens is 220 g/mol. The molecule has 0 fully saturated rings. The highest BCUT2D eigenvalue weighted by atomic mass is 35.5. The molecule has 1 aromatic carbocycles. The Labute approximate surface area is 104 Å². The van der Waals surface area contributed by atoms with Crippen LogP contribution in [0.15, 0.2) is 18.2 Å². The molecule has 0 spiro atoms. The van der Waals surface area contributed by atoms with Gasteiger partial charge in [0.2, 0.25) is 0 Å². The van der Waals surface area contributed by atoms with Gasteiger partial charge < -0.3 is 4.74 Å². The van der Waals surface area contributed by atoms with Crippen LogP contribution in [0.5, 0.6) is 5.75 Å². The average molecular weight is 241 g/mol. The molecule has 1 aromatic rings. The third-order valence-corrected chi connectivity index (χ3v) is 3.63. The van der Waals surface area contributed by atoms with Gasteiger partial charge in [0.05, 0.1) is 7.11 Å². The van der Waals surface area contributed by atoms with Gasteiger partial charge in [-0.3, -0.25) is 0 Å². The summed E-state index contributed by atoms with van der Waals surface area (Å²) in [4.78, 5) is 0. The Bertz CT molecular complexity index is 349. The van der Waals surface area contributed by atoms with E-state index in [4.69, 9.17) is 16.3 Å². The van der Waals surface area contributed by atoms with Gasteiger partial charge >= 0.3 is 0 Å². The average Bonchev–Trinajstić information content (AvgIpc) is 2.29. The number of rotatable bonds is 5. The minimum Gasteiger partial charge on any atom is -0.496 e. The maximum atomic E-state index is 6.08. The molecule has 0 N–H and O–H groups in total. The van der Waals surface area contributed by atoms with E-state index in [0.717, 1.165) is 23.6 Å². The van der Waals surface area contributed by atoms with Crippen molar-refractivity contribution in [1.29, 1.82) is 0 Å². The molecule has 0 amide bonds. The molecule has 0 heterocycles. The van der Waals surface area contributed by atoms with E-state index in [0.29, 0.717) is 0 Å². The van der Waals surface area contributed by atoms with Crippen LogP contribution in [0.4, 0.5) is 0 Å². The van der Waals surface area contributed by atoms with Crippen LogP contribution in [0, 0.1) is 0 Å². The second-order valence-corrected chi connectivity index (χ2v) is 4.95. The quantitative estimate of drug-likeness (QED) is 0.717. The maximum absolute atomic E-state index is 6.08. The highest BCUT2D eigenvalue weighted by molar-refractivity contribution is 6.30. The SMILES string of the molecule is CCCC(C)(CC)c1cc(Cl)ccc1OC. The molecule has 0 radical (unpaired) electrons. The summed E-state index contributed by atoms with van der Waals surface area (Å²) in [7, 11) is 1.72. The Morgan fingerprint density at radius 2 is 2.00 bits per heavy atom. The Kier molecular flexibility index (Phi) is 4.67. The van der Waals surface area contributed by atoms with E-state index in [-0.39, 0.29) is 5.41 Å². The smallest absolute Gasteiger partial charge is 0.122 e. The van der Waals surface area contributed by atoms with Gasteiger partial charge in [0.15, 0.2) is 0 Å². The first-order valence-electron chi connectivity index (χ1n) is 5.91. The molecule has 16 heavy (non-hydrogen) atoms. The Morgan fingerprint density at radius 1 is 1.31 bits per heavy atom. The molecule has 0 saturated carbocycles. The fourth-order valence-corrected chi connectivity index (χ4v) is 2.38. The molecule has 0 aliphatic heterocycles. The van der Waals surface area contributed by atoms with Crippen molar-refractivity contribution in [2.75, 3.05) is 7.11 Å². The number of halogens is 1. The van der Waals surface area contributed by atoms with Gasteiger partial charge in [-0.15, -0.1) is 0 Å². The largest absolute Gasteiger partial charge is 0.496 e. The van der Waals surface area contributed by atoms with Crippen molar-refractivity contribution < 1.29 is 4.74 Å². The van der Waals surface area contributed by atoms with Crippen molar-refractivity contribution in [2.45, 2.75) is 45.4 Å². The topological polar surface area (TPSA) is 9.23 Å². The van der Waals surface area contributed by atoms with Crippen LogP contribution in [-0.4, -0.2) is 7.11 Å². The first-order chi connectivity index (χ1) is 7.57. The number of methoxy groups -OCH3 is 1. The summed E-state index contributed by atoms with van der Waals surface area (Å²) in [5.41, 5.74) is 1.39. The van der Waals surface area contributed by atoms with Crippen LogP contribution in [0.25, 0.3) is 0 Å². The van der Waals surface area contributed by atoms with Crippen molar-refractivity contribution in [3.8, 4) is 5.75 Å². The Balaban J connectivity index is 3.21. The molecular formula is C14H21ClO. The van der Waals surface area contributed by atoms with Crippen LogP contribution < -0.4 is 4.74 Å². The van der Waals surface area contributed by atoms with Crippen molar-refractivity contribution in [1.82, 2.24) is 0 Å². The first-order valence-corrected chi connectivity index (χ1v) is 6.29. The molecule has 1 atom stereocenters. The summed E-state index contributed by atoms with van der Waals surface area (Å²) >= 11 is 6.08. The summed E-state index contributed by atoms with van der Waals surface area (Å²) in [6.07, 6.45) is 3.41. The lowest BCUT2D eigenvalue weighted by molar-refractivity contribution is 0.364. The lowest BCUT2D eigenvalue weighted by Gasteiger charge is -2.30. The molecule has 0 aliphatic rings. The van der Waals surface area contributed by atoms with Crippen LogP contribution in [0.1, 0.15) is 45.6 Å². The second kappa shape index (κ2) is 5.58. The van der Waals surface area contributed by atoms with Crippen molar-refractivity contribution >= 4 is 11.6 Å². The molecule has 1 rings (SSSR count). The highest BCUT2D eigenvalue weighted by Gasteiger charge is 2.27. The second-order valence-electron chi connectivity index (χ2n) is 4.51. The lowest BCUT2D eigenvalue weighted by Crippen LogP contribution is -2.21. The summed E-state index contributed by atoms with van der Waals surface area (Å²) in [5.74, 6) is 0.946. The fraction of sp³-hybridized carbons (Fsp3) is 0.571. The summed E-state index contributed by atoms with van der Waals surface area (Å²) < 4.78 is 5.44. The zero-order chi connectivity index (χ0) is 12.2. The van der Waals surface area contributed by atoms with E-state index in [1.807, 2.05) is 18.2 Å². The summed E-state index contributed by atoms with van der Waals surface area (Å²) in [5, 5.41) is 0.784. The number of benzene rings is 1. The highest BCUT2D eigenvalue weighted by Crippen LogP contribution is 2.39. The van der Waals surface area contributed by atoms with Crippen LogP contribution in [0.2, 0.25) is 5.02 Å². The zero-order valence-corrected chi connectivity index (χ0v) is 11.4. The van der Waals surface area contributed by atoms with E-state index >= 15 is 0 Å². The minimum atomic E-state index is 0.158. The van der Waals surface area contributed by atoms with E-state index in [2.05, 4.69) is 20.8 Å². The Morgan fingerprint density at radius 3 is 2.50 bits per heavy atom. The van der Waals surface area contributed by atoms with Gasteiger partial charge in [0.1, 0.15) is 5.75 Å². The predicted molar refractivity (Wildman–Crippen MR) is 70.6 cm³/mol. The molecule has 0 aromatic heterocycles. The third-order valence-electron chi connectivity index (χ3n) is 3.39. The maximum Gasteiger partial charge on any atom is 0.122 e. The molecule has 0 saturated heterocycles. The third kappa shape index (κ3) is 2.70. The molecule has 0 bridgehead atoms. The standard InChI is InChI=1S/C14H21ClO/c1-5-9-14(3,6-2)12-10-11(15)7-8-13(12)16-4/h7-8,10H,5-6,9H2,1-4H3. The van der Waals surface area contributed by atoms with Crippen LogP contribution >= 0.6 is 11.6 Å². The van der Waals surface area contributed by atoms with Gasteiger partial charge in [-0.2, -0.15) is 0 Å². The summed E-state index contributed by atoms with van der Waals surface area (Å²) in [6, 6.07) is 5.88. The van der Waals surface area contributed by atoms with E-state index in [1.165, 1.54) is 12.0 Å².